The Kier molecular flexibility index (Phi) is 10.2. The standard InChI is InChI=1S/C42H37Cl2F5N6O5/c1-40-18-42(48,49)20-54(19-40)36-27-16-50-34(33(47)35(27)51-38(52-36)59-21-41-10-4-11-55(41)17-23(45)15-41)26-14-24(60-37(56)32-28(43)6-2-7-29(32)44)13-22-8-9-30(46)25(31(22)26)5-3-12-58-39(57)53-40/h2,6-9,13-14,16,23H,3-5,10-12,15,17-21H2,1H3,(H,53,57)/t23-,40-,41+/m1/s1. The van der Waals surface area contributed by atoms with E-state index in [-0.39, 0.29) is 112 Å². The number of aromatic nitrogens is 3. The average Bonchev–Trinajstić information content (AvgIpc) is 3.70. The topological polar surface area (TPSA) is 119 Å². The molecule has 5 aromatic rings. The summed E-state index contributed by atoms with van der Waals surface area (Å²) in [5.41, 5.74) is -2.92. The van der Waals surface area contributed by atoms with Crippen LogP contribution in [0.2, 0.25) is 10.0 Å². The van der Waals surface area contributed by atoms with Crippen molar-refractivity contribution >= 4 is 62.8 Å². The van der Waals surface area contributed by atoms with Crippen molar-refractivity contribution in [1.29, 1.82) is 0 Å². The lowest BCUT2D eigenvalue weighted by molar-refractivity contribution is -0.0390. The number of alkyl halides is 3. The number of piperidine rings is 1. The molecule has 2 aromatic heterocycles. The molecule has 10 rings (SSSR count). The molecule has 0 radical (unpaired) electrons. The van der Waals surface area contributed by atoms with Gasteiger partial charge in [-0.25, -0.2) is 31.5 Å². The second-order valence-corrected chi connectivity index (χ2v) is 17.1. The van der Waals surface area contributed by atoms with Crippen LogP contribution in [0.25, 0.3) is 32.9 Å². The first-order valence-corrected chi connectivity index (χ1v) is 20.2. The van der Waals surface area contributed by atoms with Crippen molar-refractivity contribution in [3.8, 4) is 23.0 Å². The first kappa shape index (κ1) is 40.4. The van der Waals surface area contributed by atoms with E-state index in [1.54, 1.807) is 6.07 Å². The molecular weight excluding hydrogens is 834 g/mol. The minimum absolute atomic E-state index is 0.00225. The Balaban J connectivity index is 1.24. The Morgan fingerprint density at radius 2 is 1.88 bits per heavy atom. The number of esters is 1. The van der Waals surface area contributed by atoms with Gasteiger partial charge in [-0.15, -0.1) is 0 Å². The first-order chi connectivity index (χ1) is 28.6. The molecule has 3 aromatic carbocycles. The van der Waals surface area contributed by atoms with Crippen molar-refractivity contribution in [2.45, 2.75) is 68.6 Å². The molecule has 18 heteroatoms. The fraction of sp³-hybridized carbons (Fsp3) is 0.405. The zero-order valence-electron chi connectivity index (χ0n) is 32.1. The van der Waals surface area contributed by atoms with E-state index in [4.69, 9.17) is 37.4 Å². The van der Waals surface area contributed by atoms with Gasteiger partial charge in [-0.05, 0) is 85.8 Å². The maximum Gasteiger partial charge on any atom is 0.407 e. The van der Waals surface area contributed by atoms with E-state index in [9.17, 15) is 14.0 Å². The second kappa shape index (κ2) is 15.1. The van der Waals surface area contributed by atoms with Crippen LogP contribution in [0.15, 0.2) is 48.7 Å². The first-order valence-electron chi connectivity index (χ1n) is 19.5. The Morgan fingerprint density at radius 1 is 1.08 bits per heavy atom. The zero-order chi connectivity index (χ0) is 42.1. The molecule has 0 aliphatic carbocycles. The highest BCUT2D eigenvalue weighted by atomic mass is 35.5. The van der Waals surface area contributed by atoms with E-state index >= 15 is 17.6 Å². The quantitative estimate of drug-likeness (QED) is 0.104. The lowest BCUT2D eigenvalue weighted by Gasteiger charge is -2.44. The third-order valence-corrected chi connectivity index (χ3v) is 12.4. The molecule has 11 nitrogen and oxygen atoms in total. The highest BCUT2D eigenvalue weighted by Gasteiger charge is 2.50. The van der Waals surface area contributed by atoms with Crippen LogP contribution in [0, 0.1) is 11.6 Å². The summed E-state index contributed by atoms with van der Waals surface area (Å²) in [5, 5.41) is 3.12. The number of alkyl carbamates (subject to hydrolysis) is 1. The molecule has 3 atom stereocenters. The predicted molar refractivity (Wildman–Crippen MR) is 213 cm³/mol. The fourth-order valence-corrected chi connectivity index (χ4v) is 9.91. The van der Waals surface area contributed by atoms with Gasteiger partial charge in [0.1, 0.15) is 41.4 Å². The van der Waals surface area contributed by atoms with Crippen molar-refractivity contribution in [2.75, 3.05) is 44.3 Å². The number of carbonyl (C=O) groups is 2. The molecule has 1 amide bonds. The second-order valence-electron chi connectivity index (χ2n) is 16.3. The number of amides is 1. The number of fused-ring (bicyclic) bond motifs is 7. The Labute approximate surface area is 350 Å². The molecule has 314 valence electrons. The van der Waals surface area contributed by atoms with E-state index in [1.807, 2.05) is 4.90 Å². The number of hydrogen-bond acceptors (Lipinski definition) is 10. The molecule has 1 N–H and O–H groups in total. The number of benzene rings is 3. The number of ether oxygens (including phenoxy) is 3. The Morgan fingerprint density at radius 3 is 2.68 bits per heavy atom. The number of pyridine rings is 1. The molecule has 6 bridgehead atoms. The summed E-state index contributed by atoms with van der Waals surface area (Å²) in [6.07, 6.45) is 0.205. The average molecular weight is 872 g/mol. The number of halogens is 7. The van der Waals surface area contributed by atoms with Crippen molar-refractivity contribution in [2.24, 2.45) is 0 Å². The largest absolute Gasteiger partial charge is 0.461 e. The van der Waals surface area contributed by atoms with Crippen LogP contribution in [0.5, 0.6) is 11.8 Å². The monoisotopic (exact) mass is 870 g/mol. The summed E-state index contributed by atoms with van der Waals surface area (Å²) in [7, 11) is 0. The van der Waals surface area contributed by atoms with Crippen LogP contribution in [0.3, 0.4) is 0 Å². The van der Waals surface area contributed by atoms with Crippen LogP contribution in [-0.4, -0.2) is 94.5 Å². The number of nitrogens with zero attached hydrogens (tertiary/aromatic N) is 5. The minimum atomic E-state index is -3.37. The number of nitrogens with one attached hydrogen (secondary N) is 1. The van der Waals surface area contributed by atoms with E-state index < -0.39 is 59.8 Å². The highest BCUT2D eigenvalue weighted by molar-refractivity contribution is 6.39. The van der Waals surface area contributed by atoms with Gasteiger partial charge in [0, 0.05) is 37.7 Å². The summed E-state index contributed by atoms with van der Waals surface area (Å²) in [6.45, 7) is 1.04. The summed E-state index contributed by atoms with van der Waals surface area (Å²) in [6, 6.07) is 9.55. The van der Waals surface area contributed by atoms with E-state index in [1.165, 1.54) is 54.4 Å². The third-order valence-electron chi connectivity index (χ3n) is 11.8. The molecule has 5 aliphatic heterocycles. The summed E-state index contributed by atoms with van der Waals surface area (Å²) >= 11 is 12.6. The Bertz CT molecular complexity index is 2570. The molecule has 0 saturated carbocycles. The maximum atomic E-state index is 17.6. The number of rotatable bonds is 5. The lowest BCUT2D eigenvalue weighted by Crippen LogP contribution is -2.63. The van der Waals surface area contributed by atoms with Gasteiger partial charge in [0.05, 0.1) is 45.2 Å². The molecule has 7 heterocycles. The van der Waals surface area contributed by atoms with Gasteiger partial charge in [-0.1, -0.05) is 35.3 Å². The summed E-state index contributed by atoms with van der Waals surface area (Å²) in [4.78, 5) is 43.3. The number of carbonyl (C=O) groups excluding carboxylic acids is 2. The highest BCUT2D eigenvalue weighted by Crippen LogP contribution is 2.44. The number of anilines is 1. The van der Waals surface area contributed by atoms with Crippen molar-refractivity contribution in [3.63, 3.8) is 0 Å². The normalized spacial score (nSPS) is 24.0. The molecular formula is C42H37Cl2F5N6O5. The van der Waals surface area contributed by atoms with Gasteiger partial charge in [0.25, 0.3) is 5.92 Å². The minimum Gasteiger partial charge on any atom is -0.461 e. The fourth-order valence-electron chi connectivity index (χ4n) is 9.36. The smallest absolute Gasteiger partial charge is 0.407 e. The van der Waals surface area contributed by atoms with Gasteiger partial charge in [-0.3, -0.25) is 9.88 Å². The SMILES string of the molecule is C[C@]12CN(CC(F)(F)C1)c1nc(OC[C@@]34CCCN3C[C@H](F)C4)nc3c(F)c(ncc13)-c1cc(OC(=O)c3c(Cl)cccc3Cl)cc3ccc(F)c(c13)CCCOC(=O)N2. The lowest BCUT2D eigenvalue weighted by atomic mass is 9.88. The maximum absolute atomic E-state index is 17.6. The van der Waals surface area contributed by atoms with E-state index in [0.29, 0.717) is 18.4 Å². The van der Waals surface area contributed by atoms with Crippen molar-refractivity contribution in [1.82, 2.24) is 25.2 Å². The zero-order valence-corrected chi connectivity index (χ0v) is 33.6. The molecule has 60 heavy (non-hydrogen) atoms. The Hall–Kier alpha value is -5.06. The molecule has 3 fully saturated rings. The van der Waals surface area contributed by atoms with Gasteiger partial charge in [0.15, 0.2) is 5.82 Å². The molecule has 0 spiro atoms. The van der Waals surface area contributed by atoms with Gasteiger partial charge >= 0.3 is 18.1 Å². The van der Waals surface area contributed by atoms with Gasteiger partial charge in [-0.2, -0.15) is 9.97 Å². The van der Waals surface area contributed by atoms with Gasteiger partial charge in [0.2, 0.25) is 0 Å². The predicted octanol–water partition coefficient (Wildman–Crippen LogP) is 8.88. The molecule has 3 saturated heterocycles. The number of hydrogen-bond donors (Lipinski definition) is 1. The van der Waals surface area contributed by atoms with Crippen LogP contribution < -0.4 is 19.7 Å². The van der Waals surface area contributed by atoms with Crippen LogP contribution in [-0.2, 0) is 11.2 Å². The van der Waals surface area contributed by atoms with Crippen molar-refractivity contribution in [3.05, 3.63) is 81.5 Å². The third kappa shape index (κ3) is 7.40. The van der Waals surface area contributed by atoms with Crippen molar-refractivity contribution < 1.29 is 45.8 Å². The van der Waals surface area contributed by atoms with Crippen LogP contribution in [0.4, 0.5) is 32.6 Å². The van der Waals surface area contributed by atoms with E-state index in [2.05, 4.69) is 20.3 Å². The summed E-state index contributed by atoms with van der Waals surface area (Å²) in [5.74, 6) is -6.21. The molecule has 0 unspecified atom stereocenters. The van der Waals surface area contributed by atoms with Crippen LogP contribution >= 0.6 is 23.2 Å². The summed E-state index contributed by atoms with van der Waals surface area (Å²) < 4.78 is 96.9. The van der Waals surface area contributed by atoms with Crippen LogP contribution in [0.1, 0.15) is 54.9 Å². The van der Waals surface area contributed by atoms with E-state index in [0.717, 1.165) is 6.42 Å². The molecule has 5 aliphatic rings. The number of aryl methyl sites for hydroxylation is 1. The van der Waals surface area contributed by atoms with Gasteiger partial charge < -0.3 is 24.4 Å².